The molecule has 1 amide bonds. The van der Waals surface area contributed by atoms with E-state index < -0.39 is 5.41 Å². The van der Waals surface area contributed by atoms with Crippen molar-refractivity contribution in [2.45, 2.75) is 19.3 Å². The Bertz CT molecular complexity index is 1150. The van der Waals surface area contributed by atoms with Crippen molar-refractivity contribution in [3.63, 3.8) is 0 Å². The fraction of sp³-hybridized carbons (Fsp3) is 0.321. The van der Waals surface area contributed by atoms with Gasteiger partial charge < -0.3 is 23.7 Å². The average Bonchev–Trinajstić information content (AvgIpc) is 3.11. The van der Waals surface area contributed by atoms with Gasteiger partial charge >= 0.3 is 0 Å². The minimum Gasteiger partial charge on any atom is -0.467 e. The summed E-state index contributed by atoms with van der Waals surface area (Å²) in [6.45, 7) is 4.38. The van der Waals surface area contributed by atoms with Gasteiger partial charge in [0.25, 0.3) is 0 Å². The molecule has 0 unspecified atom stereocenters. The highest BCUT2D eigenvalue weighted by Gasteiger charge is 2.53. The van der Waals surface area contributed by atoms with Gasteiger partial charge in [0.05, 0.1) is 5.69 Å². The maximum atomic E-state index is 14.4. The van der Waals surface area contributed by atoms with Crippen LogP contribution in [-0.4, -0.2) is 47.6 Å². The summed E-state index contributed by atoms with van der Waals surface area (Å²) < 4.78 is 27.0. The van der Waals surface area contributed by atoms with E-state index in [4.69, 9.17) is 23.7 Å². The van der Waals surface area contributed by atoms with Crippen LogP contribution < -0.4 is 14.4 Å². The Labute approximate surface area is 206 Å². The quantitative estimate of drug-likeness (QED) is 0.399. The third-order valence-corrected chi connectivity index (χ3v) is 6.30. The molecule has 3 aromatic rings. The third-order valence-electron chi connectivity index (χ3n) is 6.30. The number of benzene rings is 3. The van der Waals surface area contributed by atoms with E-state index in [0.29, 0.717) is 11.5 Å². The van der Waals surface area contributed by atoms with Gasteiger partial charge in [0.2, 0.25) is 5.91 Å². The van der Waals surface area contributed by atoms with E-state index >= 15 is 0 Å². The number of nitrogens with zero attached hydrogens (tertiary/aromatic N) is 1. The Morgan fingerprint density at radius 1 is 0.743 bits per heavy atom. The molecular formula is C28H31NO6. The Balaban J connectivity index is 1.95. The molecule has 1 aliphatic rings. The second-order valence-corrected chi connectivity index (χ2v) is 8.48. The Kier molecular flexibility index (Phi) is 7.40. The summed E-state index contributed by atoms with van der Waals surface area (Å²) in [7, 11) is 4.76. The number of aryl methyl sites for hydroxylation is 2. The van der Waals surface area contributed by atoms with Crippen LogP contribution in [0, 0.1) is 13.8 Å². The molecule has 0 saturated carbocycles. The molecule has 0 aromatic heterocycles. The Hall–Kier alpha value is -3.39. The van der Waals surface area contributed by atoms with Gasteiger partial charge in [-0.15, -0.1) is 0 Å². The number of anilines is 1. The summed E-state index contributed by atoms with van der Waals surface area (Å²) in [4.78, 5) is 16.1. The van der Waals surface area contributed by atoms with Crippen LogP contribution in [0.25, 0.3) is 0 Å². The lowest BCUT2D eigenvalue weighted by atomic mass is 9.69. The fourth-order valence-corrected chi connectivity index (χ4v) is 4.77. The third kappa shape index (κ3) is 4.27. The molecule has 0 radical (unpaired) electrons. The van der Waals surface area contributed by atoms with Crippen LogP contribution in [0.5, 0.6) is 11.5 Å². The van der Waals surface area contributed by atoms with Crippen LogP contribution in [0.3, 0.4) is 0 Å². The summed E-state index contributed by atoms with van der Waals surface area (Å²) in [5.41, 5.74) is 4.18. The molecule has 0 aliphatic carbocycles. The van der Waals surface area contributed by atoms with E-state index in [1.54, 1.807) is 26.2 Å². The standard InChI is InChI=1S/C28H31NO6/c1-19-14-21(10-12-25(19)34-17-32-4)28(22-11-13-26(20(2)15-22)35-18-33-5)23-8-6-7-9-24(23)29(16-31-3)27(28)30/h6-15H,16-18H2,1-5H3. The number of carbonyl (C=O) groups excluding carboxylic acids is 1. The average molecular weight is 478 g/mol. The summed E-state index contributed by atoms with van der Waals surface area (Å²) >= 11 is 0. The van der Waals surface area contributed by atoms with Crippen LogP contribution in [0.2, 0.25) is 0 Å². The van der Waals surface area contributed by atoms with Crippen molar-refractivity contribution in [2.75, 3.05) is 46.5 Å². The molecule has 7 nitrogen and oxygen atoms in total. The molecule has 0 saturated heterocycles. The Morgan fingerprint density at radius 3 is 1.77 bits per heavy atom. The Morgan fingerprint density at radius 2 is 1.29 bits per heavy atom. The molecule has 0 fully saturated rings. The van der Waals surface area contributed by atoms with Crippen LogP contribution in [0.4, 0.5) is 5.69 Å². The first-order valence-corrected chi connectivity index (χ1v) is 11.3. The second kappa shape index (κ2) is 10.5. The topological polar surface area (TPSA) is 66.5 Å². The monoisotopic (exact) mass is 477 g/mol. The van der Waals surface area contributed by atoms with Gasteiger partial charge in [-0.2, -0.15) is 0 Å². The number of para-hydroxylation sites is 1. The summed E-state index contributed by atoms with van der Waals surface area (Å²) in [6, 6.07) is 19.6. The molecule has 4 rings (SSSR count). The number of methoxy groups -OCH3 is 3. The lowest BCUT2D eigenvalue weighted by Crippen LogP contribution is -2.43. The minimum atomic E-state index is -1.07. The second-order valence-electron chi connectivity index (χ2n) is 8.48. The number of fused-ring (bicyclic) bond motifs is 1. The molecule has 0 spiro atoms. The summed E-state index contributed by atoms with van der Waals surface area (Å²) in [6.07, 6.45) is 0. The van der Waals surface area contributed by atoms with Gasteiger partial charge in [-0.05, 0) is 54.3 Å². The summed E-state index contributed by atoms with van der Waals surface area (Å²) in [5, 5.41) is 0. The van der Waals surface area contributed by atoms with E-state index in [0.717, 1.165) is 33.5 Å². The van der Waals surface area contributed by atoms with Gasteiger partial charge in [0.1, 0.15) is 23.6 Å². The van der Waals surface area contributed by atoms with Gasteiger partial charge in [-0.3, -0.25) is 9.69 Å². The molecule has 0 atom stereocenters. The molecule has 35 heavy (non-hydrogen) atoms. The van der Waals surface area contributed by atoms with Gasteiger partial charge in [-0.1, -0.05) is 42.5 Å². The molecule has 1 heterocycles. The van der Waals surface area contributed by atoms with E-state index in [2.05, 4.69) is 0 Å². The lowest BCUT2D eigenvalue weighted by molar-refractivity contribution is -0.121. The maximum absolute atomic E-state index is 14.4. The number of amides is 1. The maximum Gasteiger partial charge on any atom is 0.248 e. The van der Waals surface area contributed by atoms with Crippen molar-refractivity contribution in [2.24, 2.45) is 0 Å². The molecule has 3 aromatic carbocycles. The van der Waals surface area contributed by atoms with E-state index in [1.807, 2.05) is 74.5 Å². The van der Waals surface area contributed by atoms with E-state index in [1.165, 1.54) is 0 Å². The highest BCUT2D eigenvalue weighted by atomic mass is 16.7. The highest BCUT2D eigenvalue weighted by molar-refractivity contribution is 6.13. The van der Waals surface area contributed by atoms with E-state index in [9.17, 15) is 4.79 Å². The number of ether oxygens (including phenoxy) is 5. The minimum absolute atomic E-state index is 0.0736. The highest BCUT2D eigenvalue weighted by Crippen LogP contribution is 2.51. The van der Waals surface area contributed by atoms with Crippen molar-refractivity contribution in [1.82, 2.24) is 0 Å². The molecule has 7 heteroatoms. The van der Waals surface area contributed by atoms with Gasteiger partial charge in [0, 0.05) is 26.9 Å². The summed E-state index contributed by atoms with van der Waals surface area (Å²) in [5.74, 6) is 1.34. The SMILES string of the molecule is COCOc1ccc(C2(c3ccc(OCOC)c(C)c3)C(=O)N(COC)c3ccccc32)cc1C. The largest absolute Gasteiger partial charge is 0.467 e. The first-order valence-electron chi connectivity index (χ1n) is 11.3. The van der Waals surface area contributed by atoms with Gasteiger partial charge in [0.15, 0.2) is 13.6 Å². The first kappa shape index (κ1) is 24.7. The van der Waals surface area contributed by atoms with Gasteiger partial charge in [-0.25, -0.2) is 0 Å². The van der Waals surface area contributed by atoms with Crippen LogP contribution in [0.15, 0.2) is 60.7 Å². The smallest absolute Gasteiger partial charge is 0.248 e. The van der Waals surface area contributed by atoms with E-state index in [-0.39, 0.29) is 26.2 Å². The predicted molar refractivity (Wildman–Crippen MR) is 133 cm³/mol. The molecule has 1 aliphatic heterocycles. The molecular weight excluding hydrogens is 446 g/mol. The number of rotatable bonds is 10. The molecule has 0 N–H and O–H groups in total. The van der Waals surface area contributed by atoms with Crippen molar-refractivity contribution in [3.05, 3.63) is 88.5 Å². The van der Waals surface area contributed by atoms with Crippen LogP contribution in [0.1, 0.15) is 27.8 Å². The first-order chi connectivity index (χ1) is 17.0. The van der Waals surface area contributed by atoms with Crippen molar-refractivity contribution in [1.29, 1.82) is 0 Å². The van der Waals surface area contributed by atoms with Crippen LogP contribution in [-0.2, 0) is 24.4 Å². The van der Waals surface area contributed by atoms with Crippen LogP contribution >= 0.6 is 0 Å². The fourth-order valence-electron chi connectivity index (χ4n) is 4.77. The number of hydrogen-bond donors (Lipinski definition) is 0. The van der Waals surface area contributed by atoms with Crippen molar-refractivity contribution in [3.8, 4) is 11.5 Å². The normalized spacial score (nSPS) is 14.2. The number of carbonyl (C=O) groups is 1. The molecule has 184 valence electrons. The number of hydrogen-bond acceptors (Lipinski definition) is 6. The lowest BCUT2D eigenvalue weighted by Gasteiger charge is -2.31. The zero-order chi connectivity index (χ0) is 25.0. The van der Waals surface area contributed by atoms with Crippen molar-refractivity contribution < 1.29 is 28.5 Å². The van der Waals surface area contributed by atoms with Crippen molar-refractivity contribution >= 4 is 11.6 Å². The molecule has 0 bridgehead atoms. The zero-order valence-corrected chi connectivity index (χ0v) is 20.8. The zero-order valence-electron chi connectivity index (χ0n) is 20.8. The predicted octanol–water partition coefficient (Wildman–Crippen LogP) is 4.55.